The molecule has 1 aliphatic carbocycles. The molecule has 1 unspecified atom stereocenters. The van der Waals surface area contributed by atoms with Crippen LogP contribution in [0.15, 0.2) is 54.6 Å². The third-order valence-electron chi connectivity index (χ3n) is 3.95. The highest BCUT2D eigenvalue weighted by Crippen LogP contribution is 2.29. The first-order valence-electron chi connectivity index (χ1n) is 6.65. The molecule has 1 heteroatoms. The molecular formula is C17H19N. The van der Waals surface area contributed by atoms with Crippen LogP contribution in [0.5, 0.6) is 0 Å². The maximum atomic E-state index is 6.61. The smallest absolute Gasteiger partial charge is 0.0239 e. The molecule has 0 bridgehead atoms. The Labute approximate surface area is 109 Å². The molecule has 0 spiro atoms. The van der Waals surface area contributed by atoms with Gasteiger partial charge in [-0.05, 0) is 42.4 Å². The molecule has 0 fully saturated rings. The molecule has 0 aromatic heterocycles. The van der Waals surface area contributed by atoms with Gasteiger partial charge in [0.15, 0.2) is 0 Å². The van der Waals surface area contributed by atoms with Gasteiger partial charge in [-0.15, -0.1) is 0 Å². The van der Waals surface area contributed by atoms with Crippen molar-refractivity contribution in [3.8, 4) is 0 Å². The molecule has 1 aliphatic rings. The Bertz CT molecular complexity index is 532. The number of fused-ring (bicyclic) bond motifs is 1. The molecule has 3 rings (SSSR count). The van der Waals surface area contributed by atoms with Crippen molar-refractivity contribution in [1.29, 1.82) is 0 Å². The van der Waals surface area contributed by atoms with Crippen LogP contribution in [0.4, 0.5) is 0 Å². The quantitative estimate of drug-likeness (QED) is 0.853. The van der Waals surface area contributed by atoms with Gasteiger partial charge >= 0.3 is 0 Å². The van der Waals surface area contributed by atoms with Crippen molar-refractivity contribution >= 4 is 0 Å². The molecule has 1 atom stereocenters. The molecule has 0 radical (unpaired) electrons. The van der Waals surface area contributed by atoms with Gasteiger partial charge in [0, 0.05) is 5.54 Å². The summed E-state index contributed by atoms with van der Waals surface area (Å²) in [5.74, 6) is 0. The van der Waals surface area contributed by atoms with Crippen molar-refractivity contribution in [2.75, 3.05) is 0 Å². The van der Waals surface area contributed by atoms with Gasteiger partial charge in [0.1, 0.15) is 0 Å². The van der Waals surface area contributed by atoms with E-state index >= 15 is 0 Å². The maximum Gasteiger partial charge on any atom is 0.0239 e. The Balaban J connectivity index is 1.82. The van der Waals surface area contributed by atoms with Crippen molar-refractivity contribution in [3.63, 3.8) is 0 Å². The molecular weight excluding hydrogens is 218 g/mol. The predicted octanol–water partition coefficient (Wildman–Crippen LogP) is 3.12. The summed E-state index contributed by atoms with van der Waals surface area (Å²) >= 11 is 0. The lowest BCUT2D eigenvalue weighted by atomic mass is 9.75. The monoisotopic (exact) mass is 237 g/mol. The lowest BCUT2D eigenvalue weighted by Gasteiger charge is -2.35. The average Bonchev–Trinajstić information content (AvgIpc) is 2.39. The summed E-state index contributed by atoms with van der Waals surface area (Å²) in [5.41, 5.74) is 10.8. The molecule has 0 aliphatic heterocycles. The zero-order valence-corrected chi connectivity index (χ0v) is 10.6. The highest BCUT2D eigenvalue weighted by molar-refractivity contribution is 5.33. The van der Waals surface area contributed by atoms with Crippen LogP contribution in [0, 0.1) is 0 Å². The summed E-state index contributed by atoms with van der Waals surface area (Å²) in [6, 6.07) is 19.3. The van der Waals surface area contributed by atoms with Crippen molar-refractivity contribution in [2.24, 2.45) is 5.73 Å². The van der Waals surface area contributed by atoms with Gasteiger partial charge in [-0.25, -0.2) is 0 Å². The largest absolute Gasteiger partial charge is 0.324 e. The van der Waals surface area contributed by atoms with E-state index in [9.17, 15) is 0 Å². The van der Waals surface area contributed by atoms with E-state index in [2.05, 4.69) is 54.6 Å². The van der Waals surface area contributed by atoms with Crippen LogP contribution in [-0.4, -0.2) is 5.54 Å². The topological polar surface area (TPSA) is 26.0 Å². The summed E-state index contributed by atoms with van der Waals surface area (Å²) < 4.78 is 0. The summed E-state index contributed by atoms with van der Waals surface area (Å²) in [4.78, 5) is 0. The standard InChI is InChI=1S/C17H19N/c18-17(12-14-6-2-1-3-7-14)11-10-15-8-4-5-9-16(15)13-17/h1-9H,10-13,18H2. The van der Waals surface area contributed by atoms with Crippen molar-refractivity contribution in [1.82, 2.24) is 0 Å². The minimum atomic E-state index is -0.0737. The van der Waals surface area contributed by atoms with Gasteiger partial charge in [-0.2, -0.15) is 0 Å². The highest BCUT2D eigenvalue weighted by atomic mass is 14.7. The van der Waals surface area contributed by atoms with Crippen LogP contribution in [0.1, 0.15) is 23.1 Å². The Morgan fingerprint density at radius 2 is 1.56 bits per heavy atom. The van der Waals surface area contributed by atoms with Gasteiger partial charge in [-0.3, -0.25) is 0 Å². The first kappa shape index (κ1) is 11.5. The fourth-order valence-electron chi connectivity index (χ4n) is 2.98. The van der Waals surface area contributed by atoms with Crippen LogP contribution in [0.2, 0.25) is 0 Å². The van der Waals surface area contributed by atoms with E-state index in [0.29, 0.717) is 0 Å². The fourth-order valence-corrected chi connectivity index (χ4v) is 2.98. The third kappa shape index (κ3) is 2.32. The molecule has 0 saturated heterocycles. The summed E-state index contributed by atoms with van der Waals surface area (Å²) in [5, 5.41) is 0. The maximum absolute atomic E-state index is 6.61. The molecule has 2 N–H and O–H groups in total. The summed E-state index contributed by atoms with van der Waals surface area (Å²) in [6.07, 6.45) is 4.17. The van der Waals surface area contributed by atoms with E-state index in [4.69, 9.17) is 5.73 Å². The first-order chi connectivity index (χ1) is 8.75. The number of hydrogen-bond donors (Lipinski definition) is 1. The molecule has 0 amide bonds. The van der Waals surface area contributed by atoms with E-state index in [1.807, 2.05) is 0 Å². The first-order valence-corrected chi connectivity index (χ1v) is 6.65. The highest BCUT2D eigenvalue weighted by Gasteiger charge is 2.30. The van der Waals surface area contributed by atoms with Gasteiger partial charge in [0.2, 0.25) is 0 Å². The van der Waals surface area contributed by atoms with Crippen LogP contribution in [-0.2, 0) is 19.3 Å². The number of hydrogen-bond acceptors (Lipinski definition) is 1. The second kappa shape index (κ2) is 4.58. The Hall–Kier alpha value is -1.60. The van der Waals surface area contributed by atoms with Crippen LogP contribution >= 0.6 is 0 Å². The fraction of sp³-hybridized carbons (Fsp3) is 0.294. The molecule has 18 heavy (non-hydrogen) atoms. The minimum absolute atomic E-state index is 0.0737. The Morgan fingerprint density at radius 3 is 2.33 bits per heavy atom. The van der Waals surface area contributed by atoms with E-state index < -0.39 is 0 Å². The second-order valence-corrected chi connectivity index (χ2v) is 5.47. The number of benzene rings is 2. The van der Waals surface area contributed by atoms with Gasteiger partial charge < -0.3 is 5.73 Å². The normalized spacial score (nSPS) is 22.5. The SMILES string of the molecule is NC1(Cc2ccccc2)CCc2ccccc2C1. The second-order valence-electron chi connectivity index (χ2n) is 5.47. The van der Waals surface area contributed by atoms with Gasteiger partial charge in [0.05, 0.1) is 0 Å². The average molecular weight is 237 g/mol. The van der Waals surface area contributed by atoms with E-state index in [1.54, 1.807) is 0 Å². The predicted molar refractivity (Wildman–Crippen MR) is 75.5 cm³/mol. The van der Waals surface area contributed by atoms with E-state index in [0.717, 1.165) is 25.7 Å². The lowest BCUT2D eigenvalue weighted by Crippen LogP contribution is -2.47. The minimum Gasteiger partial charge on any atom is -0.324 e. The Kier molecular flexibility index (Phi) is 2.92. The summed E-state index contributed by atoms with van der Waals surface area (Å²) in [7, 11) is 0. The van der Waals surface area contributed by atoms with E-state index in [-0.39, 0.29) is 5.54 Å². The van der Waals surface area contributed by atoms with Crippen molar-refractivity contribution in [3.05, 3.63) is 71.3 Å². The zero-order valence-electron chi connectivity index (χ0n) is 10.6. The van der Waals surface area contributed by atoms with Gasteiger partial charge in [0.25, 0.3) is 0 Å². The molecule has 0 heterocycles. The molecule has 2 aromatic carbocycles. The van der Waals surface area contributed by atoms with Gasteiger partial charge in [-0.1, -0.05) is 54.6 Å². The van der Waals surface area contributed by atoms with Crippen LogP contribution < -0.4 is 5.73 Å². The zero-order chi connectivity index (χ0) is 12.4. The third-order valence-corrected chi connectivity index (χ3v) is 3.95. The number of aryl methyl sites for hydroxylation is 1. The molecule has 0 saturated carbocycles. The Morgan fingerprint density at radius 1 is 0.889 bits per heavy atom. The summed E-state index contributed by atoms with van der Waals surface area (Å²) in [6.45, 7) is 0. The van der Waals surface area contributed by atoms with E-state index in [1.165, 1.54) is 16.7 Å². The number of rotatable bonds is 2. The molecule has 2 aromatic rings. The molecule has 1 nitrogen and oxygen atoms in total. The number of nitrogens with two attached hydrogens (primary N) is 1. The van der Waals surface area contributed by atoms with Crippen LogP contribution in [0.3, 0.4) is 0 Å². The molecule has 92 valence electrons. The van der Waals surface area contributed by atoms with Crippen molar-refractivity contribution < 1.29 is 0 Å². The lowest BCUT2D eigenvalue weighted by molar-refractivity contribution is 0.369. The van der Waals surface area contributed by atoms with Crippen molar-refractivity contribution in [2.45, 2.75) is 31.2 Å². The van der Waals surface area contributed by atoms with Crippen LogP contribution in [0.25, 0.3) is 0 Å².